The van der Waals surface area contributed by atoms with Crippen molar-refractivity contribution >= 4 is 18.0 Å². The van der Waals surface area contributed by atoms with Crippen LogP contribution in [0.3, 0.4) is 0 Å². The first kappa shape index (κ1) is 19.5. The summed E-state index contributed by atoms with van der Waals surface area (Å²) in [5.74, 6) is -4.90. The van der Waals surface area contributed by atoms with Crippen LogP contribution < -0.4 is 10.6 Å². The van der Waals surface area contributed by atoms with Crippen LogP contribution in [0.2, 0.25) is 0 Å². The number of hydrogen-bond acceptors (Lipinski definition) is 5. The third-order valence-corrected chi connectivity index (χ3v) is 3.86. The summed E-state index contributed by atoms with van der Waals surface area (Å²) in [6.45, 7) is 1.12. The molecule has 142 valence electrons. The standard InChI is InChI=1S/C15H15F3N2O6/c1-2-26-12(23)9-10(7-3-5-8(6-4-7)11(21)22)19-13(24)20-14(9,25)15(16,17)18/h3-6,9-10,25H,2H2,1H3,(H,21,22)(H2,19,20,24)/t9-,10+,14-/m0/s1. The van der Waals surface area contributed by atoms with Gasteiger partial charge in [0.25, 0.3) is 5.72 Å². The number of ether oxygens (including phenoxy) is 1. The molecule has 1 heterocycles. The Labute approximate surface area is 144 Å². The topological polar surface area (TPSA) is 125 Å². The average molecular weight is 376 g/mol. The predicted octanol–water partition coefficient (Wildman–Crippen LogP) is 1.17. The zero-order valence-corrected chi connectivity index (χ0v) is 13.3. The maximum absolute atomic E-state index is 13.4. The Kier molecular flexibility index (Phi) is 5.12. The molecule has 0 bridgehead atoms. The first-order valence-electron chi connectivity index (χ1n) is 7.39. The molecule has 1 aliphatic heterocycles. The van der Waals surface area contributed by atoms with E-state index >= 15 is 0 Å². The molecule has 26 heavy (non-hydrogen) atoms. The zero-order chi connectivity index (χ0) is 19.7. The van der Waals surface area contributed by atoms with E-state index in [1.807, 2.05) is 0 Å². The first-order chi connectivity index (χ1) is 12.0. The molecule has 3 atom stereocenters. The quantitative estimate of drug-likeness (QED) is 0.585. The lowest BCUT2D eigenvalue weighted by Crippen LogP contribution is -2.73. The molecule has 11 heteroatoms. The Hall–Kier alpha value is -2.82. The Morgan fingerprint density at radius 1 is 1.27 bits per heavy atom. The molecule has 1 aliphatic rings. The fraction of sp³-hybridized carbons (Fsp3) is 0.400. The van der Waals surface area contributed by atoms with Crippen LogP contribution in [0.5, 0.6) is 0 Å². The largest absolute Gasteiger partial charge is 0.478 e. The van der Waals surface area contributed by atoms with Crippen molar-refractivity contribution in [1.82, 2.24) is 10.6 Å². The van der Waals surface area contributed by atoms with E-state index in [4.69, 9.17) is 5.11 Å². The molecule has 0 radical (unpaired) electrons. The van der Waals surface area contributed by atoms with Crippen molar-refractivity contribution in [2.45, 2.75) is 24.9 Å². The van der Waals surface area contributed by atoms with Gasteiger partial charge >= 0.3 is 24.1 Å². The number of rotatable bonds is 4. The number of alkyl halides is 3. The number of urea groups is 1. The zero-order valence-electron chi connectivity index (χ0n) is 13.3. The van der Waals surface area contributed by atoms with Gasteiger partial charge in [-0.05, 0) is 24.6 Å². The van der Waals surface area contributed by atoms with Crippen molar-refractivity contribution < 1.29 is 42.5 Å². The number of carbonyl (C=O) groups is 3. The van der Waals surface area contributed by atoms with Crippen molar-refractivity contribution in [3.05, 3.63) is 35.4 Å². The number of benzene rings is 1. The lowest BCUT2D eigenvalue weighted by molar-refractivity contribution is -0.294. The van der Waals surface area contributed by atoms with E-state index in [9.17, 15) is 32.7 Å². The van der Waals surface area contributed by atoms with Gasteiger partial charge in [0.2, 0.25) is 0 Å². The van der Waals surface area contributed by atoms with Gasteiger partial charge in [-0.3, -0.25) is 4.79 Å². The van der Waals surface area contributed by atoms with E-state index in [1.54, 1.807) is 0 Å². The normalized spacial score (nSPS) is 25.8. The van der Waals surface area contributed by atoms with E-state index in [1.165, 1.54) is 12.2 Å². The Balaban J connectivity index is 2.54. The summed E-state index contributed by atoms with van der Waals surface area (Å²) in [5.41, 5.74) is -4.02. The first-order valence-corrected chi connectivity index (χ1v) is 7.39. The molecule has 4 N–H and O–H groups in total. The molecule has 1 fully saturated rings. The molecule has 0 spiro atoms. The summed E-state index contributed by atoms with van der Waals surface area (Å²) in [6, 6.07) is 1.53. The minimum Gasteiger partial charge on any atom is -0.478 e. The molecule has 2 amide bonds. The number of amides is 2. The van der Waals surface area contributed by atoms with E-state index in [0.29, 0.717) is 0 Å². The number of esters is 1. The van der Waals surface area contributed by atoms with Crippen LogP contribution in [0.1, 0.15) is 28.9 Å². The molecule has 0 aromatic heterocycles. The summed E-state index contributed by atoms with van der Waals surface area (Å²) >= 11 is 0. The summed E-state index contributed by atoms with van der Waals surface area (Å²) in [6.07, 6.45) is -5.37. The monoisotopic (exact) mass is 376 g/mol. The van der Waals surface area contributed by atoms with Crippen LogP contribution in [0.15, 0.2) is 24.3 Å². The average Bonchev–Trinajstić information content (AvgIpc) is 2.53. The van der Waals surface area contributed by atoms with Gasteiger partial charge in [-0.15, -0.1) is 0 Å². The highest BCUT2D eigenvalue weighted by Crippen LogP contribution is 2.43. The number of hydrogen-bond donors (Lipinski definition) is 4. The minimum absolute atomic E-state index is 0.00872. The second-order valence-corrected chi connectivity index (χ2v) is 5.50. The number of halogens is 3. The predicted molar refractivity (Wildman–Crippen MR) is 78.9 cm³/mol. The Morgan fingerprint density at radius 2 is 1.85 bits per heavy atom. The lowest BCUT2D eigenvalue weighted by Gasteiger charge is -2.44. The van der Waals surface area contributed by atoms with E-state index in [0.717, 1.165) is 24.3 Å². The number of aromatic carboxylic acids is 1. The summed E-state index contributed by atoms with van der Waals surface area (Å²) < 4.78 is 44.9. The van der Waals surface area contributed by atoms with Crippen LogP contribution >= 0.6 is 0 Å². The Morgan fingerprint density at radius 3 is 2.31 bits per heavy atom. The van der Waals surface area contributed by atoms with Gasteiger partial charge in [0.05, 0.1) is 18.2 Å². The molecule has 1 saturated heterocycles. The summed E-state index contributed by atoms with van der Waals surface area (Å²) in [4.78, 5) is 34.7. The van der Waals surface area contributed by atoms with Gasteiger partial charge in [0.1, 0.15) is 5.92 Å². The Bertz CT molecular complexity index is 721. The highest BCUT2D eigenvalue weighted by molar-refractivity contribution is 5.88. The molecule has 1 aromatic rings. The van der Waals surface area contributed by atoms with Crippen molar-refractivity contribution in [3.8, 4) is 0 Å². The van der Waals surface area contributed by atoms with E-state index in [-0.39, 0.29) is 17.7 Å². The van der Waals surface area contributed by atoms with Crippen molar-refractivity contribution in [3.63, 3.8) is 0 Å². The number of carbonyl (C=O) groups excluding carboxylic acids is 2. The molecule has 0 saturated carbocycles. The SMILES string of the molecule is CCOC(=O)[C@@H]1[C@@H](c2ccc(C(=O)O)cc2)NC(=O)N[C@@]1(O)C(F)(F)F. The van der Waals surface area contributed by atoms with Crippen LogP contribution in [-0.4, -0.2) is 46.7 Å². The molecule has 1 aromatic carbocycles. The minimum atomic E-state index is -5.37. The fourth-order valence-corrected chi connectivity index (χ4v) is 2.65. The van der Waals surface area contributed by atoms with Gasteiger partial charge in [-0.2, -0.15) is 13.2 Å². The van der Waals surface area contributed by atoms with Crippen molar-refractivity contribution in [2.24, 2.45) is 5.92 Å². The van der Waals surface area contributed by atoms with Gasteiger partial charge < -0.3 is 25.6 Å². The lowest BCUT2D eigenvalue weighted by atomic mass is 9.82. The fourth-order valence-electron chi connectivity index (χ4n) is 2.65. The smallest absolute Gasteiger partial charge is 0.437 e. The van der Waals surface area contributed by atoms with E-state index < -0.39 is 41.8 Å². The van der Waals surface area contributed by atoms with Crippen molar-refractivity contribution in [2.75, 3.05) is 6.61 Å². The maximum Gasteiger partial charge on any atom is 0.437 e. The molecular weight excluding hydrogens is 361 g/mol. The molecule has 8 nitrogen and oxygen atoms in total. The molecule has 2 rings (SSSR count). The highest BCUT2D eigenvalue weighted by atomic mass is 19.4. The number of carboxylic acids is 1. The summed E-state index contributed by atoms with van der Waals surface area (Å²) in [7, 11) is 0. The second kappa shape index (κ2) is 6.83. The van der Waals surface area contributed by atoms with Gasteiger partial charge in [-0.25, -0.2) is 9.59 Å². The number of nitrogens with one attached hydrogen (secondary N) is 2. The van der Waals surface area contributed by atoms with Crippen LogP contribution in [-0.2, 0) is 9.53 Å². The maximum atomic E-state index is 13.4. The third-order valence-electron chi connectivity index (χ3n) is 3.86. The van der Waals surface area contributed by atoms with Crippen LogP contribution in [0.25, 0.3) is 0 Å². The summed E-state index contributed by atoms with van der Waals surface area (Å²) in [5, 5.41) is 22.5. The van der Waals surface area contributed by atoms with Gasteiger partial charge in [-0.1, -0.05) is 12.1 Å². The van der Waals surface area contributed by atoms with Crippen LogP contribution in [0.4, 0.5) is 18.0 Å². The van der Waals surface area contributed by atoms with E-state index in [2.05, 4.69) is 10.1 Å². The van der Waals surface area contributed by atoms with Gasteiger partial charge in [0, 0.05) is 0 Å². The molecule has 0 aliphatic carbocycles. The van der Waals surface area contributed by atoms with Gasteiger partial charge in [0.15, 0.2) is 0 Å². The van der Waals surface area contributed by atoms with Crippen molar-refractivity contribution in [1.29, 1.82) is 0 Å². The highest BCUT2D eigenvalue weighted by Gasteiger charge is 2.67. The molecular formula is C15H15F3N2O6. The number of aliphatic hydroxyl groups is 1. The second-order valence-electron chi connectivity index (χ2n) is 5.50. The number of carboxylic acid groups (broad SMARTS) is 1. The third kappa shape index (κ3) is 3.43. The molecule has 0 unspecified atom stereocenters. The van der Waals surface area contributed by atoms with Crippen LogP contribution in [0, 0.1) is 5.92 Å².